The van der Waals surface area contributed by atoms with Crippen molar-refractivity contribution < 1.29 is 0 Å². The Hall–Kier alpha value is -0.970. The maximum Gasteiger partial charge on any atom is 0.135 e. The fraction of sp³-hybridized carbons (Fsp3) is 0.750. The summed E-state index contributed by atoms with van der Waals surface area (Å²) in [7, 11) is 0. The van der Waals surface area contributed by atoms with Gasteiger partial charge in [-0.1, -0.05) is 20.8 Å². The molecule has 0 spiro atoms. The number of hydrogen-bond acceptors (Lipinski definition) is 5. The number of anilines is 2. The Morgan fingerprint density at radius 2 is 1.81 bits per heavy atom. The number of thioether (sulfide) groups is 1. The first kappa shape index (κ1) is 18.1. The molecule has 1 aromatic rings. The molecule has 1 atom stereocenters. The molecular weight excluding hydrogens is 280 g/mol. The smallest absolute Gasteiger partial charge is 0.135 e. The van der Waals surface area contributed by atoms with Crippen LogP contribution in [0.15, 0.2) is 0 Å². The topological polar surface area (TPSA) is 49.8 Å². The molecule has 0 aliphatic heterocycles. The predicted octanol–water partition coefficient (Wildman–Crippen LogP) is 4.11. The molecule has 4 nitrogen and oxygen atoms in total. The Morgan fingerprint density at radius 1 is 1.10 bits per heavy atom. The molecule has 0 saturated carbocycles. The van der Waals surface area contributed by atoms with Crippen LogP contribution >= 0.6 is 11.8 Å². The minimum absolute atomic E-state index is 0.414. The molecule has 0 aliphatic carbocycles. The van der Waals surface area contributed by atoms with Crippen LogP contribution in [0.5, 0.6) is 0 Å². The lowest BCUT2D eigenvalue weighted by Crippen LogP contribution is -2.21. The predicted molar refractivity (Wildman–Crippen MR) is 95.6 cm³/mol. The number of nitrogens with zero attached hydrogens (tertiary/aromatic N) is 2. The number of aryl methyl sites for hydroxylation is 1. The average molecular weight is 311 g/mol. The second-order valence-corrected chi connectivity index (χ2v) is 6.66. The van der Waals surface area contributed by atoms with Crippen LogP contribution in [0.3, 0.4) is 0 Å². The zero-order chi connectivity index (χ0) is 15.7. The Morgan fingerprint density at radius 3 is 2.43 bits per heavy atom. The summed E-state index contributed by atoms with van der Waals surface area (Å²) in [4.78, 5) is 9.37. The highest BCUT2D eigenvalue weighted by molar-refractivity contribution is 7.99. The first-order valence-corrected chi connectivity index (χ1v) is 9.23. The molecule has 0 aliphatic rings. The van der Waals surface area contributed by atoms with Crippen LogP contribution < -0.4 is 10.6 Å². The Balaban J connectivity index is 2.90. The zero-order valence-corrected chi connectivity index (χ0v) is 14.9. The summed E-state index contributed by atoms with van der Waals surface area (Å²) in [6.07, 6.45) is 3.09. The lowest BCUT2D eigenvalue weighted by Gasteiger charge is -2.18. The number of nitrogens with one attached hydrogen (secondary N) is 2. The lowest BCUT2D eigenvalue weighted by atomic mass is 10.2. The van der Waals surface area contributed by atoms with Crippen LogP contribution in [0.25, 0.3) is 0 Å². The van der Waals surface area contributed by atoms with E-state index < -0.39 is 0 Å². The summed E-state index contributed by atoms with van der Waals surface area (Å²) in [5.41, 5.74) is 1.12. The van der Waals surface area contributed by atoms with E-state index >= 15 is 0 Å². The SMILES string of the molecule is CCCNc1nc(CCC)nc(NC(C)CSCC)c1C. The molecule has 120 valence electrons. The molecule has 0 saturated heterocycles. The molecule has 0 radical (unpaired) electrons. The molecule has 21 heavy (non-hydrogen) atoms. The highest BCUT2D eigenvalue weighted by Crippen LogP contribution is 2.22. The van der Waals surface area contributed by atoms with Crippen LogP contribution in [-0.4, -0.2) is 34.1 Å². The largest absolute Gasteiger partial charge is 0.370 e. The van der Waals surface area contributed by atoms with Crippen molar-refractivity contribution in [2.24, 2.45) is 0 Å². The minimum atomic E-state index is 0.414. The van der Waals surface area contributed by atoms with Gasteiger partial charge in [-0.15, -0.1) is 0 Å². The molecule has 0 bridgehead atoms. The lowest BCUT2D eigenvalue weighted by molar-refractivity contribution is 0.817. The average Bonchev–Trinajstić information content (AvgIpc) is 2.47. The minimum Gasteiger partial charge on any atom is -0.370 e. The fourth-order valence-electron chi connectivity index (χ4n) is 2.02. The second-order valence-electron chi connectivity index (χ2n) is 5.34. The summed E-state index contributed by atoms with van der Waals surface area (Å²) < 4.78 is 0. The van der Waals surface area contributed by atoms with Crippen molar-refractivity contribution in [3.05, 3.63) is 11.4 Å². The second kappa shape index (κ2) is 9.87. The van der Waals surface area contributed by atoms with Crippen molar-refractivity contribution in [3.8, 4) is 0 Å². The molecule has 1 aromatic heterocycles. The third-order valence-electron chi connectivity index (χ3n) is 3.16. The summed E-state index contributed by atoms with van der Waals surface area (Å²) in [5.74, 6) is 5.14. The van der Waals surface area contributed by atoms with E-state index in [1.165, 1.54) is 0 Å². The monoisotopic (exact) mass is 310 g/mol. The normalized spacial score (nSPS) is 12.2. The summed E-state index contributed by atoms with van der Waals surface area (Å²) >= 11 is 1.95. The molecule has 1 heterocycles. The highest BCUT2D eigenvalue weighted by Gasteiger charge is 2.12. The van der Waals surface area contributed by atoms with Crippen molar-refractivity contribution in [1.29, 1.82) is 0 Å². The van der Waals surface area contributed by atoms with E-state index in [-0.39, 0.29) is 0 Å². The highest BCUT2D eigenvalue weighted by atomic mass is 32.2. The Bertz CT molecular complexity index is 423. The quantitative estimate of drug-likeness (QED) is 0.681. The van der Waals surface area contributed by atoms with Crippen LogP contribution in [0.2, 0.25) is 0 Å². The number of hydrogen-bond donors (Lipinski definition) is 2. The van der Waals surface area contributed by atoms with Gasteiger partial charge in [0, 0.05) is 30.3 Å². The Labute approximate surface area is 133 Å². The van der Waals surface area contributed by atoms with Crippen LogP contribution in [0.1, 0.15) is 51.9 Å². The molecule has 1 unspecified atom stereocenters. The van der Waals surface area contributed by atoms with Crippen molar-refractivity contribution in [2.75, 3.05) is 28.7 Å². The molecule has 1 rings (SSSR count). The Kier molecular flexibility index (Phi) is 8.50. The molecular formula is C16H30N4S. The zero-order valence-electron chi connectivity index (χ0n) is 14.1. The number of rotatable bonds is 10. The van der Waals surface area contributed by atoms with Gasteiger partial charge in [-0.3, -0.25) is 0 Å². The van der Waals surface area contributed by atoms with Gasteiger partial charge >= 0.3 is 0 Å². The molecule has 0 aromatic carbocycles. The van der Waals surface area contributed by atoms with Crippen LogP contribution in [0.4, 0.5) is 11.6 Å². The third-order valence-corrected chi connectivity index (χ3v) is 4.31. The van der Waals surface area contributed by atoms with Gasteiger partial charge in [-0.25, -0.2) is 9.97 Å². The van der Waals surface area contributed by atoms with E-state index in [4.69, 9.17) is 4.98 Å². The van der Waals surface area contributed by atoms with Gasteiger partial charge in [0.05, 0.1) is 0 Å². The van der Waals surface area contributed by atoms with E-state index in [0.29, 0.717) is 6.04 Å². The standard InChI is InChI=1S/C16H30N4S/c1-6-9-14-19-15(17-10-7-2)13(5)16(20-14)18-12(4)11-21-8-3/h12H,6-11H2,1-5H3,(H2,17,18,19,20). The van der Waals surface area contributed by atoms with E-state index in [1.807, 2.05) is 11.8 Å². The van der Waals surface area contributed by atoms with Crippen molar-refractivity contribution >= 4 is 23.4 Å². The van der Waals surface area contributed by atoms with Crippen LogP contribution in [-0.2, 0) is 6.42 Å². The van der Waals surface area contributed by atoms with Gasteiger partial charge in [-0.2, -0.15) is 11.8 Å². The first-order chi connectivity index (χ1) is 10.1. The van der Waals surface area contributed by atoms with E-state index in [0.717, 1.165) is 60.3 Å². The molecule has 0 amide bonds. The summed E-state index contributed by atoms with van der Waals surface area (Å²) in [6, 6.07) is 0.414. The van der Waals surface area contributed by atoms with Gasteiger partial charge in [0.25, 0.3) is 0 Å². The van der Waals surface area contributed by atoms with Gasteiger partial charge in [-0.05, 0) is 32.4 Å². The molecule has 0 fully saturated rings. The van der Waals surface area contributed by atoms with Gasteiger partial charge in [0.2, 0.25) is 0 Å². The fourth-order valence-corrected chi connectivity index (χ4v) is 2.70. The first-order valence-electron chi connectivity index (χ1n) is 8.07. The summed E-state index contributed by atoms with van der Waals surface area (Å²) in [6.45, 7) is 11.8. The molecule has 2 N–H and O–H groups in total. The van der Waals surface area contributed by atoms with E-state index in [2.05, 4.69) is 50.2 Å². The van der Waals surface area contributed by atoms with Crippen molar-refractivity contribution in [3.63, 3.8) is 0 Å². The van der Waals surface area contributed by atoms with Crippen molar-refractivity contribution in [1.82, 2.24) is 9.97 Å². The van der Waals surface area contributed by atoms with Gasteiger partial charge in [0.15, 0.2) is 0 Å². The van der Waals surface area contributed by atoms with Crippen molar-refractivity contribution in [2.45, 2.75) is 59.9 Å². The third kappa shape index (κ3) is 6.12. The maximum absolute atomic E-state index is 4.71. The van der Waals surface area contributed by atoms with E-state index in [1.54, 1.807) is 0 Å². The van der Waals surface area contributed by atoms with E-state index in [9.17, 15) is 0 Å². The van der Waals surface area contributed by atoms with Crippen LogP contribution in [0, 0.1) is 6.92 Å². The molecule has 5 heteroatoms. The van der Waals surface area contributed by atoms with Gasteiger partial charge < -0.3 is 10.6 Å². The summed E-state index contributed by atoms with van der Waals surface area (Å²) in [5, 5.41) is 6.97. The number of aromatic nitrogens is 2. The van der Waals surface area contributed by atoms with Gasteiger partial charge in [0.1, 0.15) is 17.5 Å². The maximum atomic E-state index is 4.71.